The molecule has 3 heterocycles. The van der Waals surface area contributed by atoms with Gasteiger partial charge in [-0.1, -0.05) is 6.57 Å². The number of hydrogen-bond acceptors (Lipinski definition) is 5. The third kappa shape index (κ3) is 3.63. The number of amides is 1. The van der Waals surface area contributed by atoms with Crippen molar-refractivity contribution in [3.8, 4) is 0 Å². The lowest BCUT2D eigenvalue weighted by molar-refractivity contribution is -0.137. The number of hydrazone groups is 1. The largest absolute Gasteiger partial charge is 0.360 e. The van der Waals surface area contributed by atoms with Crippen LogP contribution in [0.15, 0.2) is 35.7 Å². The maximum Gasteiger partial charge on any atom is 0.274 e. The zero-order valence-corrected chi connectivity index (χ0v) is 16.7. The fourth-order valence-corrected chi connectivity index (χ4v) is 5.12. The second-order valence-corrected chi connectivity index (χ2v) is 8.37. The highest BCUT2D eigenvalue weighted by Crippen LogP contribution is 2.44. The number of carbonyl (C=O) groups excluding carboxylic acids is 1. The Morgan fingerprint density at radius 2 is 1.77 bits per heavy atom. The smallest absolute Gasteiger partial charge is 0.274 e. The predicted molar refractivity (Wildman–Crippen MR) is 109 cm³/mol. The van der Waals surface area contributed by atoms with Crippen LogP contribution in [0, 0.1) is 36.0 Å². The molecule has 1 aromatic carbocycles. The number of carbonyl (C=O) groups is 1. The highest BCUT2D eigenvalue weighted by atomic mass is 19.1. The molecule has 2 fully saturated rings. The fourth-order valence-electron chi connectivity index (χ4n) is 5.12. The molecule has 9 heteroatoms. The Bertz CT molecular complexity index is 1070. The summed E-state index contributed by atoms with van der Waals surface area (Å²) in [5.74, 6) is 0.234. The Morgan fingerprint density at radius 3 is 2.45 bits per heavy atom. The summed E-state index contributed by atoms with van der Waals surface area (Å²) in [6.45, 7) is 8.68. The predicted octanol–water partition coefficient (Wildman–Crippen LogP) is 3.73. The van der Waals surface area contributed by atoms with Gasteiger partial charge in [-0.3, -0.25) is 4.79 Å². The molecule has 158 valence electrons. The van der Waals surface area contributed by atoms with Crippen LogP contribution in [-0.2, 0) is 4.79 Å². The molecule has 31 heavy (non-hydrogen) atoms. The highest BCUT2D eigenvalue weighted by Gasteiger charge is 2.46. The molecular formula is C22H20F2N6O. The summed E-state index contributed by atoms with van der Waals surface area (Å²) in [6, 6.07) is 4.58. The van der Waals surface area contributed by atoms with Crippen molar-refractivity contribution in [2.24, 2.45) is 22.9 Å². The van der Waals surface area contributed by atoms with E-state index in [1.807, 2.05) is 0 Å². The van der Waals surface area contributed by atoms with Gasteiger partial charge in [0.05, 0.1) is 6.04 Å². The molecule has 1 saturated heterocycles. The lowest BCUT2D eigenvalue weighted by Gasteiger charge is -2.26. The van der Waals surface area contributed by atoms with Gasteiger partial charge in [-0.25, -0.2) is 13.8 Å². The van der Waals surface area contributed by atoms with E-state index >= 15 is 0 Å². The second kappa shape index (κ2) is 7.69. The summed E-state index contributed by atoms with van der Waals surface area (Å²) in [6.07, 6.45) is 4.98. The van der Waals surface area contributed by atoms with Crippen LogP contribution in [0.2, 0.25) is 0 Å². The van der Waals surface area contributed by atoms with Crippen LogP contribution in [0.1, 0.15) is 30.9 Å². The molecule has 3 unspecified atom stereocenters. The summed E-state index contributed by atoms with van der Waals surface area (Å²) in [7, 11) is 0. The van der Waals surface area contributed by atoms with Gasteiger partial charge < -0.3 is 9.74 Å². The van der Waals surface area contributed by atoms with Crippen LogP contribution >= 0.6 is 0 Å². The molecule has 0 N–H and O–H groups in total. The van der Waals surface area contributed by atoms with E-state index in [2.05, 4.69) is 24.8 Å². The molecule has 1 saturated carbocycles. The topological polar surface area (TPSA) is 66.1 Å². The molecule has 7 nitrogen and oxygen atoms in total. The van der Waals surface area contributed by atoms with E-state index in [1.165, 1.54) is 23.5 Å². The Morgan fingerprint density at radius 1 is 1.06 bits per heavy atom. The van der Waals surface area contributed by atoms with Crippen LogP contribution in [0.5, 0.6) is 0 Å². The summed E-state index contributed by atoms with van der Waals surface area (Å²) < 4.78 is 27.4. The molecule has 0 bridgehead atoms. The third-order valence-corrected chi connectivity index (χ3v) is 6.50. The van der Waals surface area contributed by atoms with Crippen molar-refractivity contribution in [1.82, 2.24) is 15.0 Å². The van der Waals surface area contributed by atoms with Crippen LogP contribution in [0.4, 0.5) is 20.4 Å². The van der Waals surface area contributed by atoms with Crippen molar-refractivity contribution >= 4 is 23.8 Å². The first-order chi connectivity index (χ1) is 15.0. The highest BCUT2D eigenvalue weighted by molar-refractivity contribution is 5.82. The number of anilines is 1. The normalized spacial score (nSPS) is 26.9. The maximum absolute atomic E-state index is 13.7. The number of aromatic nitrogens is 2. The number of hydrogen-bond donors (Lipinski definition) is 0. The number of benzene rings is 1. The van der Waals surface area contributed by atoms with E-state index in [1.54, 1.807) is 12.3 Å². The number of rotatable bonds is 3. The molecule has 2 aromatic rings. The molecular weight excluding hydrogens is 402 g/mol. The van der Waals surface area contributed by atoms with Crippen LogP contribution in [-0.4, -0.2) is 40.2 Å². The molecule has 1 amide bonds. The minimum absolute atomic E-state index is 0.0818. The summed E-state index contributed by atoms with van der Waals surface area (Å²) in [5.41, 5.74) is 0.423. The number of fused-ring (bicyclic) bond motifs is 1. The van der Waals surface area contributed by atoms with E-state index in [-0.39, 0.29) is 11.8 Å². The second-order valence-electron chi connectivity index (χ2n) is 8.37. The average molecular weight is 422 g/mol. The Balaban J connectivity index is 1.26. The van der Waals surface area contributed by atoms with Gasteiger partial charge in [0, 0.05) is 43.8 Å². The fraction of sp³-hybridized carbons (Fsp3) is 0.409. The molecule has 1 aliphatic carbocycles. The van der Waals surface area contributed by atoms with Gasteiger partial charge >= 0.3 is 0 Å². The molecule has 1 aromatic heterocycles. The van der Waals surface area contributed by atoms with Gasteiger partial charge in [0.15, 0.2) is 0 Å². The molecule has 3 aliphatic rings. The number of halogens is 2. The summed E-state index contributed by atoms with van der Waals surface area (Å²) >= 11 is 0. The van der Waals surface area contributed by atoms with Gasteiger partial charge in [-0.05, 0) is 42.4 Å². The Hall–Kier alpha value is -3.41. The van der Waals surface area contributed by atoms with Crippen LogP contribution in [0.3, 0.4) is 0 Å². The molecule has 0 radical (unpaired) electrons. The Labute approximate surface area is 178 Å². The lowest BCUT2D eigenvalue weighted by atomic mass is 10.0. The van der Waals surface area contributed by atoms with Crippen molar-refractivity contribution in [3.05, 3.63) is 59.2 Å². The van der Waals surface area contributed by atoms with Gasteiger partial charge in [0.1, 0.15) is 17.5 Å². The molecule has 5 rings (SSSR count). The molecule has 0 spiro atoms. The monoisotopic (exact) mass is 422 g/mol. The van der Waals surface area contributed by atoms with Crippen LogP contribution < -0.4 is 4.90 Å². The third-order valence-electron chi connectivity index (χ3n) is 6.50. The van der Waals surface area contributed by atoms with E-state index < -0.39 is 17.7 Å². The van der Waals surface area contributed by atoms with Crippen molar-refractivity contribution < 1.29 is 13.6 Å². The average Bonchev–Trinajstić information content (AvgIpc) is 3.47. The van der Waals surface area contributed by atoms with Crippen LogP contribution in [0.25, 0.3) is 4.85 Å². The quantitative estimate of drug-likeness (QED) is 0.707. The van der Waals surface area contributed by atoms with Crippen molar-refractivity contribution in [2.45, 2.75) is 25.3 Å². The van der Waals surface area contributed by atoms with Crippen molar-refractivity contribution in [2.75, 3.05) is 18.0 Å². The standard InChI is InChI=1S/C22H20F2N6O/c1-25-20-9-21(27-12-26-20)29-10-15-4-14(5-16(15)11-29)22(31)30-19(2-3-28-30)13-6-17(23)8-18(24)7-13/h3,6-9,12,14-16,19H,2,4-5,10-11H2. The van der Waals surface area contributed by atoms with E-state index in [0.717, 1.165) is 37.8 Å². The SMILES string of the molecule is [C-]#[N+]c1cc(N2CC3CC(C(=O)N4N=CCC4c4cc(F)cc(F)c4)CC3C2)ncn1. The molecule has 2 aliphatic heterocycles. The van der Waals surface area contributed by atoms with Crippen molar-refractivity contribution in [1.29, 1.82) is 0 Å². The van der Waals surface area contributed by atoms with E-state index in [4.69, 9.17) is 6.57 Å². The van der Waals surface area contributed by atoms with E-state index in [0.29, 0.717) is 29.6 Å². The minimum Gasteiger partial charge on any atom is -0.360 e. The van der Waals surface area contributed by atoms with E-state index in [9.17, 15) is 13.6 Å². The zero-order chi connectivity index (χ0) is 21.5. The summed E-state index contributed by atoms with van der Waals surface area (Å²) in [5, 5.41) is 5.64. The van der Waals surface area contributed by atoms with Gasteiger partial charge in [0.25, 0.3) is 5.82 Å². The zero-order valence-electron chi connectivity index (χ0n) is 16.7. The Kier molecular flexibility index (Phi) is 4.85. The first-order valence-corrected chi connectivity index (χ1v) is 10.3. The first kappa shape index (κ1) is 19.5. The maximum atomic E-state index is 13.7. The summed E-state index contributed by atoms with van der Waals surface area (Å²) in [4.78, 5) is 26.9. The molecule has 3 atom stereocenters. The number of nitrogens with zero attached hydrogens (tertiary/aromatic N) is 6. The lowest BCUT2D eigenvalue weighted by Crippen LogP contribution is -2.33. The van der Waals surface area contributed by atoms with Gasteiger partial charge in [-0.15, -0.1) is 4.98 Å². The first-order valence-electron chi connectivity index (χ1n) is 10.3. The minimum atomic E-state index is -0.657. The van der Waals surface area contributed by atoms with Gasteiger partial charge in [-0.2, -0.15) is 10.1 Å². The van der Waals surface area contributed by atoms with Crippen molar-refractivity contribution in [3.63, 3.8) is 0 Å². The van der Waals surface area contributed by atoms with Gasteiger partial charge in [0.2, 0.25) is 12.2 Å².